The van der Waals surface area contributed by atoms with Gasteiger partial charge in [0.2, 0.25) is 11.2 Å². The van der Waals surface area contributed by atoms with E-state index in [2.05, 4.69) is 10.3 Å². The Balaban J connectivity index is 1.57. The lowest BCUT2D eigenvalue weighted by Crippen LogP contribution is -2.22. The molecule has 37 heavy (non-hydrogen) atoms. The summed E-state index contributed by atoms with van der Waals surface area (Å²) in [5.41, 5.74) is 1.73. The van der Waals surface area contributed by atoms with Gasteiger partial charge in [0.05, 0.1) is 17.7 Å². The maximum Gasteiger partial charge on any atom is 0.350 e. The van der Waals surface area contributed by atoms with E-state index in [0.29, 0.717) is 26.7 Å². The number of halogens is 1. The molecule has 4 rings (SSSR count). The van der Waals surface area contributed by atoms with Crippen LogP contribution in [0.4, 0.5) is 5.13 Å². The maximum absolute atomic E-state index is 13.4. The van der Waals surface area contributed by atoms with Gasteiger partial charge in [-0.25, -0.2) is 9.78 Å². The summed E-state index contributed by atoms with van der Waals surface area (Å²) in [4.78, 5) is 42.9. The highest BCUT2D eigenvalue weighted by molar-refractivity contribution is 7.17. The number of anilines is 1. The molecule has 4 aromatic rings. The summed E-state index contributed by atoms with van der Waals surface area (Å²) in [6.07, 6.45) is 0. The van der Waals surface area contributed by atoms with Crippen LogP contribution in [0.2, 0.25) is 5.02 Å². The first-order valence-corrected chi connectivity index (χ1v) is 12.7. The number of carbonyl (C=O) groups is 2. The van der Waals surface area contributed by atoms with Crippen molar-refractivity contribution >= 4 is 50.9 Å². The van der Waals surface area contributed by atoms with E-state index in [1.807, 2.05) is 26.8 Å². The molecule has 0 atom stereocenters. The van der Waals surface area contributed by atoms with Gasteiger partial charge < -0.3 is 13.9 Å². The van der Waals surface area contributed by atoms with Crippen molar-refractivity contribution in [2.75, 3.05) is 18.5 Å². The number of hydrogen-bond acceptors (Lipinski definition) is 8. The molecule has 192 valence electrons. The van der Waals surface area contributed by atoms with Gasteiger partial charge in [0.1, 0.15) is 10.5 Å². The Morgan fingerprint density at radius 2 is 1.89 bits per heavy atom. The van der Waals surface area contributed by atoms with E-state index in [-0.39, 0.29) is 34.6 Å². The van der Waals surface area contributed by atoms with Crippen LogP contribution in [-0.4, -0.2) is 30.1 Å². The first kappa shape index (κ1) is 26.4. The van der Waals surface area contributed by atoms with Crippen molar-refractivity contribution in [3.63, 3.8) is 0 Å². The van der Waals surface area contributed by atoms with E-state index in [1.165, 1.54) is 6.07 Å². The molecule has 0 aliphatic rings. The number of amides is 1. The number of benzene rings is 2. The van der Waals surface area contributed by atoms with Crippen LogP contribution in [0.5, 0.6) is 5.75 Å². The summed E-state index contributed by atoms with van der Waals surface area (Å²) in [5, 5.41) is 3.48. The highest BCUT2D eigenvalue weighted by Crippen LogP contribution is 2.32. The van der Waals surface area contributed by atoms with Gasteiger partial charge in [0.25, 0.3) is 5.91 Å². The second-order valence-electron chi connectivity index (χ2n) is 8.82. The van der Waals surface area contributed by atoms with Gasteiger partial charge in [-0.15, -0.1) is 0 Å². The third-order valence-corrected chi connectivity index (χ3v) is 6.75. The van der Waals surface area contributed by atoms with E-state index in [0.717, 1.165) is 16.9 Å². The number of aromatic nitrogens is 1. The number of esters is 1. The van der Waals surface area contributed by atoms with Crippen molar-refractivity contribution < 1.29 is 23.5 Å². The van der Waals surface area contributed by atoms with E-state index in [9.17, 15) is 14.4 Å². The molecular weight excluding hydrogens is 516 g/mol. The lowest BCUT2D eigenvalue weighted by Gasteiger charge is -2.12. The van der Waals surface area contributed by atoms with Gasteiger partial charge in [-0.05, 0) is 37.5 Å². The Kier molecular flexibility index (Phi) is 7.94. The molecule has 0 aliphatic heterocycles. The van der Waals surface area contributed by atoms with Crippen LogP contribution < -0.4 is 15.5 Å². The van der Waals surface area contributed by atoms with Crippen molar-refractivity contribution in [1.29, 1.82) is 0 Å². The molecule has 0 bridgehead atoms. The second kappa shape index (κ2) is 11.1. The molecule has 2 aromatic carbocycles. The number of nitrogens with one attached hydrogen (secondary N) is 1. The summed E-state index contributed by atoms with van der Waals surface area (Å²) < 4.78 is 17.0. The number of nitrogens with zero attached hydrogens (tertiary/aromatic N) is 1. The average molecular weight is 541 g/mol. The summed E-state index contributed by atoms with van der Waals surface area (Å²) in [7, 11) is 0. The van der Waals surface area contributed by atoms with Gasteiger partial charge in [-0.3, -0.25) is 14.9 Å². The van der Waals surface area contributed by atoms with Crippen LogP contribution in [0.15, 0.2) is 51.7 Å². The fraction of sp³-hybridized carbons (Fsp3) is 0.259. The number of carbonyl (C=O) groups excluding carboxylic acids is 2. The molecular formula is C27H25ClN2O6S. The fourth-order valence-electron chi connectivity index (χ4n) is 3.45. The van der Waals surface area contributed by atoms with Gasteiger partial charge in [0.15, 0.2) is 17.5 Å². The molecule has 1 N–H and O–H groups in total. The minimum atomic E-state index is -0.559. The first-order chi connectivity index (χ1) is 17.6. The van der Waals surface area contributed by atoms with Crippen LogP contribution >= 0.6 is 22.9 Å². The normalized spacial score (nSPS) is 11.1. The highest BCUT2D eigenvalue weighted by atomic mass is 35.5. The SMILES string of the molecule is Cc1cc2oc(-c3ccccc3)c(OCC(=O)Nc3nc(C)c(C(=O)OCC(C)C)s3)c(=O)c2cc1Cl. The molecule has 1 amide bonds. The lowest BCUT2D eigenvalue weighted by molar-refractivity contribution is -0.118. The molecule has 0 saturated heterocycles. The molecule has 0 saturated carbocycles. The van der Waals surface area contributed by atoms with E-state index in [4.69, 9.17) is 25.5 Å². The summed E-state index contributed by atoms with van der Waals surface area (Å²) in [6.45, 7) is 7.15. The Morgan fingerprint density at radius 3 is 2.59 bits per heavy atom. The van der Waals surface area contributed by atoms with Crippen LogP contribution in [0, 0.1) is 19.8 Å². The van der Waals surface area contributed by atoms with Crippen LogP contribution in [-0.2, 0) is 9.53 Å². The van der Waals surface area contributed by atoms with Gasteiger partial charge in [-0.1, -0.05) is 67.1 Å². The van der Waals surface area contributed by atoms with Gasteiger partial charge >= 0.3 is 5.97 Å². The maximum atomic E-state index is 13.4. The van der Waals surface area contributed by atoms with E-state index in [1.54, 1.807) is 37.3 Å². The average Bonchev–Trinajstić information content (AvgIpc) is 3.23. The van der Waals surface area contributed by atoms with Crippen molar-refractivity contribution in [1.82, 2.24) is 4.98 Å². The Bertz CT molecular complexity index is 1530. The van der Waals surface area contributed by atoms with Crippen molar-refractivity contribution in [3.05, 3.63) is 73.8 Å². The summed E-state index contributed by atoms with van der Waals surface area (Å²) >= 11 is 7.24. The molecule has 0 unspecified atom stereocenters. The molecule has 10 heteroatoms. The number of thiazole rings is 1. The Labute approximate surface area is 222 Å². The monoisotopic (exact) mass is 540 g/mol. The standard InChI is InChI=1S/C27H25ClN2O6S/c1-14(2)12-35-26(33)25-16(4)29-27(37-25)30-21(31)13-34-24-22(32)18-11-19(28)15(3)10-20(18)36-23(24)17-8-6-5-7-9-17/h5-11,14H,12-13H2,1-4H3,(H,29,30,31). The minimum Gasteiger partial charge on any atom is -0.476 e. The number of rotatable bonds is 8. The van der Waals surface area contributed by atoms with Crippen LogP contribution in [0.3, 0.4) is 0 Å². The van der Waals surface area contributed by atoms with Crippen molar-refractivity contribution in [2.24, 2.45) is 5.92 Å². The molecule has 2 heterocycles. The summed E-state index contributed by atoms with van der Waals surface area (Å²) in [6, 6.07) is 12.2. The first-order valence-electron chi connectivity index (χ1n) is 11.5. The zero-order chi connectivity index (χ0) is 26.7. The molecule has 0 spiro atoms. The zero-order valence-electron chi connectivity index (χ0n) is 20.7. The number of aryl methyl sites for hydroxylation is 2. The lowest BCUT2D eigenvalue weighted by atomic mass is 10.1. The minimum absolute atomic E-state index is 0.109. The molecule has 2 aromatic heterocycles. The van der Waals surface area contributed by atoms with Gasteiger partial charge in [0, 0.05) is 10.6 Å². The largest absolute Gasteiger partial charge is 0.476 e. The van der Waals surface area contributed by atoms with E-state index >= 15 is 0 Å². The fourth-order valence-corrected chi connectivity index (χ4v) is 4.49. The molecule has 0 fully saturated rings. The topological polar surface area (TPSA) is 108 Å². The molecule has 0 aliphatic carbocycles. The quantitative estimate of drug-likeness (QED) is 0.272. The zero-order valence-corrected chi connectivity index (χ0v) is 22.3. The highest BCUT2D eigenvalue weighted by Gasteiger charge is 2.21. The van der Waals surface area contributed by atoms with Crippen LogP contribution in [0.25, 0.3) is 22.3 Å². The number of ether oxygens (including phenoxy) is 2. The second-order valence-corrected chi connectivity index (χ2v) is 10.2. The Hall–Kier alpha value is -3.69. The molecule has 8 nitrogen and oxygen atoms in total. The predicted molar refractivity (Wildman–Crippen MR) is 144 cm³/mol. The third kappa shape index (κ3) is 6.00. The van der Waals surface area contributed by atoms with Crippen molar-refractivity contribution in [3.8, 4) is 17.1 Å². The van der Waals surface area contributed by atoms with Gasteiger partial charge in [-0.2, -0.15) is 0 Å². The summed E-state index contributed by atoms with van der Waals surface area (Å²) in [5.74, 6) is -0.760. The third-order valence-electron chi connectivity index (χ3n) is 5.29. The van der Waals surface area contributed by atoms with Crippen LogP contribution in [0.1, 0.15) is 34.8 Å². The number of hydrogen-bond donors (Lipinski definition) is 1. The smallest absolute Gasteiger partial charge is 0.350 e. The molecule has 0 radical (unpaired) electrons. The Morgan fingerprint density at radius 1 is 1.16 bits per heavy atom. The van der Waals surface area contributed by atoms with Crippen molar-refractivity contribution in [2.45, 2.75) is 27.7 Å². The predicted octanol–water partition coefficient (Wildman–Crippen LogP) is 6.02. The van der Waals surface area contributed by atoms with E-state index < -0.39 is 23.9 Å². The number of fused-ring (bicyclic) bond motifs is 1.